The van der Waals surface area contributed by atoms with Gasteiger partial charge >= 0.3 is 0 Å². The molecule has 0 saturated carbocycles. The molecule has 1 heterocycles. The van der Waals surface area contributed by atoms with Crippen molar-refractivity contribution in [3.63, 3.8) is 0 Å². The SMILES string of the molecule is CCCC(c1ccccc1)[C+]1N=CC=N1. The predicted octanol–water partition coefficient (Wildman–Crippen LogP) is 3.21. The molecular formula is C13H15N2+. The van der Waals surface area contributed by atoms with Crippen LogP contribution in [-0.4, -0.2) is 12.4 Å². The van der Waals surface area contributed by atoms with E-state index in [0.29, 0.717) is 5.92 Å². The fourth-order valence-electron chi connectivity index (χ4n) is 1.85. The number of benzene rings is 1. The lowest BCUT2D eigenvalue weighted by Crippen LogP contribution is -2.05. The molecule has 0 N–H and O–H groups in total. The van der Waals surface area contributed by atoms with E-state index in [4.69, 9.17) is 0 Å². The number of aliphatic imine (C=N–C) groups is 2. The minimum Gasteiger partial charge on any atom is -0.0961 e. The third-order valence-electron chi connectivity index (χ3n) is 2.57. The molecule has 2 heteroatoms. The van der Waals surface area contributed by atoms with Gasteiger partial charge in [-0.2, -0.15) is 0 Å². The van der Waals surface area contributed by atoms with Crippen LogP contribution in [0.25, 0.3) is 0 Å². The minimum absolute atomic E-state index is 0.353. The summed E-state index contributed by atoms with van der Waals surface area (Å²) < 4.78 is 0. The van der Waals surface area contributed by atoms with Crippen LogP contribution < -0.4 is 0 Å². The lowest BCUT2D eigenvalue weighted by molar-refractivity contribution is 0.613. The Labute approximate surface area is 90.8 Å². The smallest absolute Gasteiger partial charge is 0.0961 e. The van der Waals surface area contributed by atoms with Gasteiger partial charge in [-0.3, -0.25) is 0 Å². The zero-order valence-electron chi connectivity index (χ0n) is 8.93. The molecule has 1 unspecified atom stereocenters. The maximum absolute atomic E-state index is 4.30. The maximum Gasteiger partial charge on any atom is 0.248 e. The Bertz CT molecular complexity index is 342. The average Bonchev–Trinajstić information content (AvgIpc) is 2.80. The molecule has 76 valence electrons. The first kappa shape index (κ1) is 9.97. The molecular weight excluding hydrogens is 184 g/mol. The van der Waals surface area contributed by atoms with Gasteiger partial charge in [-0.05, 0) is 12.0 Å². The summed E-state index contributed by atoms with van der Waals surface area (Å²) in [4.78, 5) is 8.60. The predicted molar refractivity (Wildman–Crippen MR) is 64.3 cm³/mol. The lowest BCUT2D eigenvalue weighted by Gasteiger charge is -2.13. The van der Waals surface area contributed by atoms with Crippen LogP contribution in [0.3, 0.4) is 0 Å². The van der Waals surface area contributed by atoms with Crippen molar-refractivity contribution in [2.24, 2.45) is 9.98 Å². The van der Waals surface area contributed by atoms with Gasteiger partial charge in [0.2, 0.25) is 6.17 Å². The summed E-state index contributed by atoms with van der Waals surface area (Å²) in [5.74, 6) is 0.353. The van der Waals surface area contributed by atoms with Crippen molar-refractivity contribution < 1.29 is 0 Å². The molecule has 0 radical (unpaired) electrons. The first-order chi connectivity index (χ1) is 7.42. The third-order valence-corrected chi connectivity index (χ3v) is 2.57. The van der Waals surface area contributed by atoms with Crippen LogP contribution in [0.5, 0.6) is 0 Å². The first-order valence-corrected chi connectivity index (χ1v) is 5.40. The fraction of sp³-hybridized carbons (Fsp3) is 0.308. The van der Waals surface area contributed by atoms with Gasteiger partial charge in [0.1, 0.15) is 0 Å². The van der Waals surface area contributed by atoms with E-state index in [9.17, 15) is 0 Å². The summed E-state index contributed by atoms with van der Waals surface area (Å²) >= 11 is 0. The summed E-state index contributed by atoms with van der Waals surface area (Å²) in [6, 6.07) is 10.5. The van der Waals surface area contributed by atoms with Crippen molar-refractivity contribution in [2.45, 2.75) is 25.7 Å². The molecule has 2 nitrogen and oxygen atoms in total. The molecule has 0 aliphatic carbocycles. The Morgan fingerprint density at radius 2 is 1.80 bits per heavy atom. The second kappa shape index (κ2) is 4.78. The first-order valence-electron chi connectivity index (χ1n) is 5.40. The highest BCUT2D eigenvalue weighted by Crippen LogP contribution is 2.33. The topological polar surface area (TPSA) is 24.7 Å². The molecule has 1 aromatic carbocycles. The molecule has 1 aromatic rings. The minimum atomic E-state index is 0.353. The molecule has 15 heavy (non-hydrogen) atoms. The number of nitrogens with zero attached hydrogens (tertiary/aromatic N) is 2. The van der Waals surface area contributed by atoms with Crippen LogP contribution in [0.4, 0.5) is 0 Å². The van der Waals surface area contributed by atoms with Gasteiger partial charge in [0.15, 0.2) is 12.4 Å². The van der Waals surface area contributed by atoms with E-state index in [2.05, 4.69) is 41.2 Å². The van der Waals surface area contributed by atoms with E-state index in [0.717, 1.165) is 19.0 Å². The van der Waals surface area contributed by atoms with E-state index in [-0.39, 0.29) is 0 Å². The highest BCUT2D eigenvalue weighted by Gasteiger charge is 2.29. The van der Waals surface area contributed by atoms with Crippen molar-refractivity contribution in [3.8, 4) is 0 Å². The van der Waals surface area contributed by atoms with Gasteiger partial charge < -0.3 is 0 Å². The lowest BCUT2D eigenvalue weighted by atomic mass is 9.92. The Balaban J connectivity index is 2.19. The molecule has 2 rings (SSSR count). The summed E-state index contributed by atoms with van der Waals surface area (Å²) in [7, 11) is 0. The van der Waals surface area contributed by atoms with Crippen LogP contribution in [-0.2, 0) is 0 Å². The van der Waals surface area contributed by atoms with E-state index >= 15 is 0 Å². The van der Waals surface area contributed by atoms with Gasteiger partial charge in [0.05, 0.1) is 5.92 Å². The molecule has 0 saturated heterocycles. The Kier molecular flexibility index (Phi) is 3.18. The Morgan fingerprint density at radius 1 is 1.13 bits per heavy atom. The Morgan fingerprint density at radius 3 is 2.40 bits per heavy atom. The highest BCUT2D eigenvalue weighted by atomic mass is 15.0. The Hall–Kier alpha value is -1.57. The summed E-state index contributed by atoms with van der Waals surface area (Å²) in [5.41, 5.74) is 1.31. The summed E-state index contributed by atoms with van der Waals surface area (Å²) in [5, 5.41) is 0. The van der Waals surface area contributed by atoms with Crippen molar-refractivity contribution in [1.29, 1.82) is 0 Å². The number of hydrogen-bond acceptors (Lipinski definition) is 2. The quantitative estimate of drug-likeness (QED) is 0.665. The van der Waals surface area contributed by atoms with Crippen molar-refractivity contribution in [2.75, 3.05) is 0 Å². The van der Waals surface area contributed by atoms with Crippen molar-refractivity contribution in [1.82, 2.24) is 0 Å². The van der Waals surface area contributed by atoms with E-state index in [1.54, 1.807) is 12.4 Å². The standard InChI is InChI=1S/C13H15N2/c1-2-6-12(13-14-9-10-15-13)11-7-4-3-5-8-11/h3-5,7-10,12H,2,6H2,1H3/q+1. The molecule has 0 bridgehead atoms. The van der Waals surface area contributed by atoms with E-state index < -0.39 is 0 Å². The molecule has 0 fully saturated rings. The molecule has 1 aliphatic heterocycles. The van der Waals surface area contributed by atoms with Gasteiger partial charge in [0.25, 0.3) is 0 Å². The second-order valence-electron chi connectivity index (χ2n) is 3.67. The molecule has 0 amide bonds. The fourth-order valence-corrected chi connectivity index (χ4v) is 1.85. The maximum atomic E-state index is 4.30. The molecule has 1 atom stereocenters. The van der Waals surface area contributed by atoms with Crippen LogP contribution >= 0.6 is 0 Å². The monoisotopic (exact) mass is 199 g/mol. The van der Waals surface area contributed by atoms with Gasteiger partial charge in [0, 0.05) is 0 Å². The highest BCUT2D eigenvalue weighted by molar-refractivity contribution is 6.18. The zero-order chi connectivity index (χ0) is 10.5. The van der Waals surface area contributed by atoms with Crippen LogP contribution in [0, 0.1) is 6.17 Å². The molecule has 0 aromatic heterocycles. The summed E-state index contributed by atoms with van der Waals surface area (Å²) in [6.07, 6.45) is 6.73. The van der Waals surface area contributed by atoms with Crippen LogP contribution in [0.2, 0.25) is 0 Å². The number of hydrogen-bond donors (Lipinski definition) is 0. The van der Waals surface area contributed by atoms with Crippen LogP contribution in [0.1, 0.15) is 31.2 Å². The van der Waals surface area contributed by atoms with Gasteiger partial charge in [-0.15, -0.1) is 0 Å². The number of rotatable bonds is 4. The second-order valence-corrected chi connectivity index (χ2v) is 3.67. The average molecular weight is 199 g/mol. The largest absolute Gasteiger partial charge is 0.248 e. The van der Waals surface area contributed by atoms with E-state index in [1.165, 1.54) is 5.56 Å². The van der Waals surface area contributed by atoms with E-state index in [1.807, 2.05) is 6.07 Å². The molecule has 1 aliphatic rings. The third kappa shape index (κ3) is 2.27. The normalized spacial score (nSPS) is 15.9. The van der Waals surface area contributed by atoms with Crippen molar-refractivity contribution in [3.05, 3.63) is 42.1 Å². The van der Waals surface area contributed by atoms with Gasteiger partial charge in [-0.25, -0.2) is 0 Å². The molecule has 0 spiro atoms. The van der Waals surface area contributed by atoms with Crippen molar-refractivity contribution >= 4 is 12.4 Å². The van der Waals surface area contributed by atoms with Gasteiger partial charge in [-0.1, -0.05) is 53.7 Å². The zero-order valence-corrected chi connectivity index (χ0v) is 8.93. The summed E-state index contributed by atoms with van der Waals surface area (Å²) in [6.45, 7) is 2.19. The van der Waals surface area contributed by atoms with Crippen LogP contribution in [0.15, 0.2) is 40.3 Å².